The molecule has 0 aliphatic heterocycles. The zero-order valence-corrected chi connectivity index (χ0v) is 13.8. The number of halogens is 1. The Morgan fingerprint density at radius 1 is 1.45 bits per heavy atom. The topological polar surface area (TPSA) is 51.2 Å². The van der Waals surface area contributed by atoms with Gasteiger partial charge < -0.3 is 4.74 Å². The van der Waals surface area contributed by atoms with Gasteiger partial charge in [-0.2, -0.15) is 0 Å². The van der Waals surface area contributed by atoms with E-state index < -0.39 is 0 Å². The summed E-state index contributed by atoms with van der Waals surface area (Å²) in [5.41, 5.74) is 1.14. The first kappa shape index (κ1) is 15.3. The zero-order valence-electron chi connectivity index (χ0n) is 12.3. The quantitative estimate of drug-likeness (QED) is 0.920. The van der Waals surface area contributed by atoms with Crippen LogP contribution in [0.25, 0.3) is 0 Å². The van der Waals surface area contributed by atoms with Crippen molar-refractivity contribution in [1.29, 1.82) is 0 Å². The minimum Gasteiger partial charge on any atom is -0.484 e. The number of hydrogen-bond acceptors (Lipinski definition) is 4. The molecule has 22 heavy (non-hydrogen) atoms. The molecule has 2 aromatic rings. The van der Waals surface area contributed by atoms with E-state index in [1.165, 1.54) is 11.3 Å². The Balaban J connectivity index is 1.54. The molecule has 4 nitrogen and oxygen atoms in total. The molecule has 1 aromatic heterocycles. The number of benzene rings is 1. The van der Waals surface area contributed by atoms with E-state index in [0.29, 0.717) is 21.8 Å². The second-order valence-corrected chi connectivity index (χ2v) is 7.05. The first-order valence-electron chi connectivity index (χ1n) is 7.27. The van der Waals surface area contributed by atoms with E-state index in [4.69, 9.17) is 16.3 Å². The van der Waals surface area contributed by atoms with Gasteiger partial charge in [-0.3, -0.25) is 10.1 Å². The molecule has 1 aromatic carbocycles. The van der Waals surface area contributed by atoms with Crippen molar-refractivity contribution in [3.63, 3.8) is 0 Å². The van der Waals surface area contributed by atoms with Gasteiger partial charge in [-0.1, -0.05) is 18.5 Å². The summed E-state index contributed by atoms with van der Waals surface area (Å²) < 4.78 is 5.42. The van der Waals surface area contributed by atoms with Gasteiger partial charge >= 0.3 is 0 Å². The molecule has 1 N–H and O–H groups in total. The van der Waals surface area contributed by atoms with Crippen molar-refractivity contribution >= 4 is 34.0 Å². The third-order valence-corrected chi connectivity index (χ3v) is 4.90. The predicted octanol–water partition coefficient (Wildman–Crippen LogP) is 3.94. The maximum Gasteiger partial charge on any atom is 0.264 e. The van der Waals surface area contributed by atoms with Crippen LogP contribution in [0.2, 0.25) is 5.02 Å². The van der Waals surface area contributed by atoms with E-state index >= 15 is 0 Å². The molecule has 1 aliphatic rings. The van der Waals surface area contributed by atoms with E-state index in [9.17, 15) is 4.79 Å². The maximum absolute atomic E-state index is 11.9. The van der Waals surface area contributed by atoms with Crippen molar-refractivity contribution in [2.24, 2.45) is 5.92 Å². The second kappa shape index (κ2) is 6.67. The summed E-state index contributed by atoms with van der Waals surface area (Å²) in [5, 5.41) is 4.12. The van der Waals surface area contributed by atoms with Crippen molar-refractivity contribution in [1.82, 2.24) is 4.98 Å². The molecular weight excluding hydrogens is 320 g/mol. The smallest absolute Gasteiger partial charge is 0.264 e. The van der Waals surface area contributed by atoms with Crippen LogP contribution < -0.4 is 10.1 Å². The average Bonchev–Trinajstić information content (AvgIpc) is 2.88. The zero-order chi connectivity index (χ0) is 15.5. The Morgan fingerprint density at radius 3 is 3.00 bits per heavy atom. The summed E-state index contributed by atoms with van der Waals surface area (Å²) in [5.74, 6) is 1.12. The Labute approximate surface area is 138 Å². The fourth-order valence-corrected chi connectivity index (χ4v) is 3.74. The molecule has 116 valence electrons. The molecule has 1 amide bonds. The lowest BCUT2D eigenvalue weighted by Crippen LogP contribution is -2.20. The van der Waals surface area contributed by atoms with Gasteiger partial charge in [0.1, 0.15) is 5.75 Å². The third-order valence-electron chi connectivity index (χ3n) is 3.62. The van der Waals surface area contributed by atoms with Crippen LogP contribution in [-0.2, 0) is 17.6 Å². The van der Waals surface area contributed by atoms with Crippen LogP contribution in [0, 0.1) is 5.92 Å². The number of carbonyl (C=O) groups excluding carboxylic acids is 1. The van der Waals surface area contributed by atoms with E-state index in [-0.39, 0.29) is 12.5 Å². The first-order chi connectivity index (χ1) is 10.6. The monoisotopic (exact) mass is 336 g/mol. The van der Waals surface area contributed by atoms with Crippen molar-refractivity contribution in [2.75, 3.05) is 11.9 Å². The summed E-state index contributed by atoms with van der Waals surface area (Å²) in [6.45, 7) is 2.21. The minimum absolute atomic E-state index is 0.0394. The number of amides is 1. The summed E-state index contributed by atoms with van der Waals surface area (Å²) in [6, 6.07) is 6.92. The number of nitrogens with zero attached hydrogens (tertiary/aromatic N) is 1. The highest BCUT2D eigenvalue weighted by molar-refractivity contribution is 7.15. The lowest BCUT2D eigenvalue weighted by Gasteiger charge is -2.15. The Hall–Kier alpha value is -1.59. The van der Waals surface area contributed by atoms with Gasteiger partial charge in [0.05, 0.1) is 5.69 Å². The van der Waals surface area contributed by atoms with Gasteiger partial charge in [0.25, 0.3) is 5.91 Å². The van der Waals surface area contributed by atoms with Crippen molar-refractivity contribution in [3.05, 3.63) is 39.9 Å². The molecule has 6 heteroatoms. The molecule has 0 bridgehead atoms. The number of aromatic nitrogens is 1. The first-order valence-corrected chi connectivity index (χ1v) is 8.46. The highest BCUT2D eigenvalue weighted by atomic mass is 35.5. The van der Waals surface area contributed by atoms with Gasteiger partial charge in [-0.05, 0) is 49.4 Å². The number of nitrogens with one attached hydrogen (secondary N) is 1. The van der Waals surface area contributed by atoms with Crippen LogP contribution in [0.4, 0.5) is 5.13 Å². The van der Waals surface area contributed by atoms with Crippen LogP contribution in [-0.4, -0.2) is 17.5 Å². The number of carbonyl (C=O) groups is 1. The fourth-order valence-electron chi connectivity index (χ4n) is 2.43. The second-order valence-electron chi connectivity index (χ2n) is 5.53. The standard InChI is InChI=1S/C16H17ClN2O2S/c1-10-2-7-13-14(8-10)22-16(18-13)19-15(20)9-21-12-5-3-11(17)4-6-12/h3-6,10H,2,7-9H2,1H3,(H,18,19,20). The van der Waals surface area contributed by atoms with E-state index in [2.05, 4.69) is 17.2 Å². The van der Waals surface area contributed by atoms with Crippen LogP contribution in [0.1, 0.15) is 23.9 Å². The number of fused-ring (bicyclic) bond motifs is 1. The number of aryl methyl sites for hydroxylation is 1. The highest BCUT2D eigenvalue weighted by Crippen LogP contribution is 2.32. The van der Waals surface area contributed by atoms with Crippen LogP contribution in [0.3, 0.4) is 0 Å². The largest absolute Gasteiger partial charge is 0.484 e. The van der Waals surface area contributed by atoms with Gasteiger partial charge in [-0.15, -0.1) is 11.3 Å². The number of ether oxygens (including phenoxy) is 1. The molecule has 3 rings (SSSR count). The van der Waals surface area contributed by atoms with E-state index in [0.717, 1.165) is 18.5 Å². The molecule has 0 saturated heterocycles. The van der Waals surface area contributed by atoms with Crippen LogP contribution in [0.15, 0.2) is 24.3 Å². The summed E-state index contributed by atoms with van der Waals surface area (Å²) in [6.07, 6.45) is 3.23. The number of thiazole rings is 1. The normalized spacial score (nSPS) is 16.9. The third kappa shape index (κ3) is 3.78. The Kier molecular flexibility index (Phi) is 4.64. The molecule has 1 aliphatic carbocycles. The van der Waals surface area contributed by atoms with Crippen LogP contribution in [0.5, 0.6) is 5.75 Å². The Morgan fingerprint density at radius 2 is 2.23 bits per heavy atom. The molecular formula is C16H17ClN2O2S. The van der Waals surface area contributed by atoms with Crippen molar-refractivity contribution < 1.29 is 9.53 Å². The molecule has 1 atom stereocenters. The predicted molar refractivity (Wildman–Crippen MR) is 88.9 cm³/mol. The van der Waals surface area contributed by atoms with Gasteiger partial charge in [0.15, 0.2) is 11.7 Å². The molecule has 1 heterocycles. The van der Waals surface area contributed by atoms with Crippen molar-refractivity contribution in [2.45, 2.75) is 26.2 Å². The number of hydrogen-bond donors (Lipinski definition) is 1. The summed E-state index contributed by atoms with van der Waals surface area (Å²) in [4.78, 5) is 17.7. The summed E-state index contributed by atoms with van der Waals surface area (Å²) >= 11 is 7.37. The SMILES string of the molecule is CC1CCc2nc(NC(=O)COc3ccc(Cl)cc3)sc2C1. The van der Waals surface area contributed by atoms with Crippen molar-refractivity contribution in [3.8, 4) is 5.75 Å². The number of rotatable bonds is 4. The Bertz CT molecular complexity index is 669. The lowest BCUT2D eigenvalue weighted by molar-refractivity contribution is -0.118. The fraction of sp³-hybridized carbons (Fsp3) is 0.375. The average molecular weight is 337 g/mol. The van der Waals surface area contributed by atoms with Gasteiger partial charge in [0, 0.05) is 9.90 Å². The van der Waals surface area contributed by atoms with E-state index in [1.807, 2.05) is 0 Å². The molecule has 0 fully saturated rings. The van der Waals surface area contributed by atoms with Gasteiger partial charge in [0.2, 0.25) is 0 Å². The minimum atomic E-state index is -0.200. The lowest BCUT2D eigenvalue weighted by atomic mass is 9.93. The number of anilines is 1. The molecule has 0 radical (unpaired) electrons. The maximum atomic E-state index is 11.9. The highest BCUT2D eigenvalue weighted by Gasteiger charge is 2.20. The summed E-state index contributed by atoms with van der Waals surface area (Å²) in [7, 11) is 0. The van der Waals surface area contributed by atoms with Gasteiger partial charge in [-0.25, -0.2) is 4.98 Å². The molecule has 0 spiro atoms. The van der Waals surface area contributed by atoms with Crippen LogP contribution >= 0.6 is 22.9 Å². The van der Waals surface area contributed by atoms with E-state index in [1.54, 1.807) is 35.6 Å². The molecule has 1 unspecified atom stereocenters. The molecule has 0 saturated carbocycles.